The Morgan fingerprint density at radius 2 is 0.731 bits per heavy atom. The van der Waals surface area contributed by atoms with Gasteiger partial charge in [-0.1, -0.05) is 54.6 Å². The van der Waals surface area contributed by atoms with Crippen LogP contribution < -0.4 is 33.5 Å². The van der Waals surface area contributed by atoms with Gasteiger partial charge in [0.15, 0.2) is 17.3 Å². The quantitative estimate of drug-likeness (QED) is 0.0647. The number of Topliss-reactive ketones (excluding diaryl/α,β-unsaturated/α-hetero) is 3. The van der Waals surface area contributed by atoms with Gasteiger partial charge in [0.1, 0.15) is 35.6 Å². The summed E-state index contributed by atoms with van der Waals surface area (Å²) in [6.45, 7) is 40.5. The highest BCUT2D eigenvalue weighted by molar-refractivity contribution is 6.13. The fourth-order valence-corrected chi connectivity index (χ4v) is 19.4. The normalized spacial score (nSPS) is 14.9. The number of carbonyl (C=O) groups is 3. The molecule has 0 saturated carbocycles. The summed E-state index contributed by atoms with van der Waals surface area (Å²) in [4.78, 5) is 86.7. The van der Waals surface area contributed by atoms with E-state index in [1.807, 2.05) is 151 Å². The van der Waals surface area contributed by atoms with E-state index >= 15 is 0 Å². The highest BCUT2D eigenvalue weighted by Gasteiger charge is 2.37. The molecule has 686 valence electrons. The molecule has 15 aromatic rings. The number of aromatic nitrogens is 9. The van der Waals surface area contributed by atoms with E-state index in [0.717, 1.165) is 240 Å². The zero-order valence-electron chi connectivity index (χ0n) is 79.6. The van der Waals surface area contributed by atoms with E-state index in [0.29, 0.717) is 52.1 Å². The molecule has 2 saturated heterocycles. The Kier molecular flexibility index (Phi) is 25.6. The molecule has 20 rings (SSSR count). The Morgan fingerprint density at radius 3 is 1.08 bits per heavy atom. The van der Waals surface area contributed by atoms with Crippen LogP contribution in [0.4, 0.5) is 11.9 Å². The molecule has 0 spiro atoms. The van der Waals surface area contributed by atoms with Crippen molar-refractivity contribution >= 4 is 94.3 Å². The predicted molar refractivity (Wildman–Crippen MR) is 529 cm³/mol. The van der Waals surface area contributed by atoms with Crippen molar-refractivity contribution in [2.45, 2.75) is 185 Å². The number of morpholine rings is 1. The number of pyridine rings is 3. The van der Waals surface area contributed by atoms with Crippen LogP contribution in [0.3, 0.4) is 0 Å². The smallest absolute Gasteiger partial charge is 0.319 e. The number of fused-ring (bicyclic) bond motifs is 3. The first kappa shape index (κ1) is 91.2. The van der Waals surface area contributed by atoms with Gasteiger partial charge >= 0.3 is 6.01 Å². The highest BCUT2D eigenvalue weighted by atomic mass is 16.5. The van der Waals surface area contributed by atoms with Gasteiger partial charge in [0.05, 0.1) is 85.2 Å². The Morgan fingerprint density at radius 1 is 0.381 bits per heavy atom. The van der Waals surface area contributed by atoms with Gasteiger partial charge in [-0.25, -0.2) is 24.9 Å². The fourth-order valence-electron chi connectivity index (χ4n) is 19.4. The lowest BCUT2D eigenvalue weighted by molar-refractivity contribution is -0.139. The third-order valence-electron chi connectivity index (χ3n) is 25.2. The third kappa shape index (κ3) is 18.5. The van der Waals surface area contributed by atoms with Crippen molar-refractivity contribution < 1.29 is 57.0 Å². The van der Waals surface area contributed by atoms with E-state index in [1.165, 1.54) is 29.5 Å². The molecule has 23 nitrogen and oxygen atoms in total. The molecule has 5 aliphatic heterocycles. The number of ether oxygens (including phenoxy) is 9. The molecule has 0 unspecified atom stereocenters. The molecular weight excluding hydrogens is 1680 g/mol. The summed E-state index contributed by atoms with van der Waals surface area (Å²) in [7, 11) is 0. The lowest BCUT2D eigenvalue weighted by Gasteiger charge is -2.30. The molecule has 23 heteroatoms. The van der Waals surface area contributed by atoms with Crippen molar-refractivity contribution in [1.82, 2.24) is 44.9 Å². The van der Waals surface area contributed by atoms with Crippen LogP contribution in [-0.2, 0) is 52.6 Å². The summed E-state index contributed by atoms with van der Waals surface area (Å²) in [5.74, 6) is 4.38. The average Bonchev–Trinajstić information content (AvgIpc) is 0.821. The van der Waals surface area contributed by atoms with Crippen LogP contribution in [0.5, 0.6) is 29.1 Å². The molecule has 9 aromatic carbocycles. The molecular formula is C111H115N11O12. The van der Waals surface area contributed by atoms with Crippen LogP contribution >= 0.6 is 0 Å². The maximum atomic E-state index is 13.3. The second-order valence-electron chi connectivity index (χ2n) is 38.2. The van der Waals surface area contributed by atoms with Crippen molar-refractivity contribution in [3.8, 4) is 95.9 Å². The van der Waals surface area contributed by atoms with Gasteiger partial charge in [-0.05, 0) is 319 Å². The van der Waals surface area contributed by atoms with Crippen LogP contribution in [0, 0.1) is 20.8 Å². The van der Waals surface area contributed by atoms with E-state index in [1.54, 1.807) is 27.0 Å². The minimum Gasteiger partial charge on any atom is -0.493 e. The van der Waals surface area contributed by atoms with Gasteiger partial charge in [-0.15, -0.1) is 0 Å². The highest BCUT2D eigenvalue weighted by Crippen LogP contribution is 2.52. The van der Waals surface area contributed by atoms with Crippen LogP contribution in [0.2, 0.25) is 0 Å². The topological polar surface area (TPSA) is 257 Å². The molecule has 0 aliphatic carbocycles. The van der Waals surface area contributed by atoms with Gasteiger partial charge in [-0.2, -0.15) is 4.98 Å². The summed E-state index contributed by atoms with van der Waals surface area (Å²) in [5, 5.41) is 9.24. The minimum atomic E-state index is -0.768. The van der Waals surface area contributed by atoms with Crippen molar-refractivity contribution in [1.29, 1.82) is 0 Å². The summed E-state index contributed by atoms with van der Waals surface area (Å²) >= 11 is 0. The Hall–Kier alpha value is -13.3. The fraction of sp³-hybridized carbons (Fsp3) is 0.351. The number of carbonyl (C=O) groups excluding carboxylic acids is 3. The minimum absolute atomic E-state index is 0.0329. The maximum Gasteiger partial charge on any atom is 0.319 e. The number of hydrogen-bond acceptors (Lipinski definition) is 23. The third-order valence-corrected chi connectivity index (χ3v) is 25.2. The summed E-state index contributed by atoms with van der Waals surface area (Å²) < 4.78 is 54.6. The van der Waals surface area contributed by atoms with Crippen LogP contribution in [0.15, 0.2) is 177 Å². The first-order valence-corrected chi connectivity index (χ1v) is 46.7. The second-order valence-corrected chi connectivity index (χ2v) is 38.2. The molecule has 134 heavy (non-hydrogen) atoms. The van der Waals surface area contributed by atoms with Crippen LogP contribution in [-0.4, -0.2) is 151 Å². The second kappa shape index (κ2) is 37.6. The first-order valence-electron chi connectivity index (χ1n) is 46.7. The Bertz CT molecular complexity index is 7060. The van der Waals surface area contributed by atoms with Crippen LogP contribution in [0.25, 0.3) is 132 Å². The zero-order valence-corrected chi connectivity index (χ0v) is 79.6. The number of ketones is 3. The zero-order chi connectivity index (χ0) is 93.8. The molecule has 0 N–H and O–H groups in total. The molecule has 0 bridgehead atoms. The SMILES string of the molecule is CC(=O)[C@@H](OC(C)(C)C)c1c(C)cc2cc(-c3cnc(N4CCCC4)nc3)ccc2c1-c1ccc2c3c(ccnc13)CCO2.CC(=O)[C@@H](OC(C)(C)C)c1c(C)cc2cc(-c3cnc(N4CCOCC4)nc3)ccc2c1-c1ccc2c3c(ccnc13)CCO2.CCOc1ncc(-c2ccc3c(-c4ccc5c6c(ccnc46)CCO5)c([C@H](OC(C)(C)C)C(C)=O)c(C)cc3c2)c(OCC)n1. The lowest BCUT2D eigenvalue weighted by Crippen LogP contribution is -2.37. The van der Waals surface area contributed by atoms with Crippen molar-refractivity contribution in [2.24, 2.45) is 0 Å². The van der Waals surface area contributed by atoms with E-state index in [9.17, 15) is 14.4 Å². The van der Waals surface area contributed by atoms with Gasteiger partial charge < -0.3 is 52.4 Å². The van der Waals surface area contributed by atoms with Gasteiger partial charge in [0.2, 0.25) is 17.8 Å². The first-order chi connectivity index (χ1) is 64.4. The monoisotopic (exact) mass is 1790 g/mol. The van der Waals surface area contributed by atoms with E-state index in [4.69, 9.17) is 67.6 Å². The van der Waals surface area contributed by atoms with Crippen LogP contribution in [0.1, 0.15) is 178 Å². The van der Waals surface area contributed by atoms with Crippen molar-refractivity contribution in [2.75, 3.05) is 82.2 Å². The number of rotatable bonds is 21. The van der Waals surface area contributed by atoms with Crippen molar-refractivity contribution in [3.63, 3.8) is 0 Å². The van der Waals surface area contributed by atoms with Gasteiger partial charge in [0.25, 0.3) is 0 Å². The molecule has 11 heterocycles. The largest absolute Gasteiger partial charge is 0.493 e. The van der Waals surface area contributed by atoms with E-state index < -0.39 is 35.1 Å². The summed E-state index contributed by atoms with van der Waals surface area (Å²) in [6.07, 6.45) is 17.6. The number of benzene rings is 9. The lowest BCUT2D eigenvalue weighted by atomic mass is 9.84. The molecule has 5 aliphatic rings. The van der Waals surface area contributed by atoms with Crippen molar-refractivity contribution in [3.05, 3.63) is 227 Å². The van der Waals surface area contributed by atoms with E-state index in [-0.39, 0.29) is 23.4 Å². The molecule has 6 aromatic heterocycles. The molecule has 2 fully saturated rings. The number of nitrogens with zero attached hydrogens (tertiary/aromatic N) is 11. The van der Waals surface area contributed by atoms with E-state index in [2.05, 4.69) is 147 Å². The Labute approximate surface area is 781 Å². The summed E-state index contributed by atoms with van der Waals surface area (Å²) in [5.41, 5.74) is 21.5. The molecule has 0 radical (unpaired) electrons. The molecule has 3 atom stereocenters. The standard InChI is InChI=1S/C37H38N4O4.C37H38N4O3.C37H39N3O5/c1-22-18-26-19-25(27-20-39-36(40-21-27)41-13-16-43-17-14-41)6-7-28(26)33(31(22)35(23(2)42)45-37(3,4)5)29-8-9-30-32-24(11-15-44-30)10-12-38-34(29)32;1-22-18-26-19-25(27-20-39-36(40-21-27)41-15-6-7-16-41)8-9-28(26)33(31(22)35(23(2)42)44-37(3,4)5)29-10-11-30-32-24(13-17-43-30)12-14-38-34(29)32;1-8-42-35-28(20-39-36(40-35)43-9-2)24-10-11-26-25(19-24)18-21(3)30(34(22(4)41)45-37(5,6)7)32(26)27-12-13-29-31-23(15-17-44-29)14-16-38-33(27)31/h6-10,12,18-21,35H,11,13-17H2,1-5H3;8-12,14,18-21,35H,6-7,13,15-17H2,1-5H3;10-14,16,18-20,34H,8-9,15,17H2,1-7H3/t2*35-;34-/m111/s1. The van der Waals surface area contributed by atoms with Gasteiger partial charge in [-0.3, -0.25) is 29.3 Å². The number of hydrogen-bond donors (Lipinski definition) is 0. The number of anilines is 2. The number of aryl methyl sites for hydroxylation is 3. The molecule has 0 amide bonds. The average molecular weight is 1800 g/mol. The summed E-state index contributed by atoms with van der Waals surface area (Å²) in [6, 6.07) is 44.4. The maximum absolute atomic E-state index is 13.3. The van der Waals surface area contributed by atoms with Gasteiger partial charge in [0, 0.05) is 139 Å². The predicted octanol–water partition coefficient (Wildman–Crippen LogP) is 22.8. The Balaban J connectivity index is 0.000000134.